The third kappa shape index (κ3) is 16.7. The molecule has 0 aromatic heterocycles. The van der Waals surface area contributed by atoms with Crippen molar-refractivity contribution < 1.29 is 66.4 Å². The van der Waals surface area contributed by atoms with E-state index in [-0.39, 0.29) is 63.9 Å². The first-order chi connectivity index (χ1) is 7.66. The molecule has 0 saturated carbocycles. The van der Waals surface area contributed by atoms with Crippen LogP contribution < -0.4 is 67.1 Å². The number of rotatable bonds is 11. The van der Waals surface area contributed by atoms with E-state index in [0.29, 0.717) is 32.6 Å². The number of hydrogen-bond donors (Lipinski definition) is 3. The van der Waals surface area contributed by atoms with Crippen LogP contribution in [-0.4, -0.2) is 43.4 Å². The predicted molar refractivity (Wildman–Crippen MR) is 60.8 cm³/mol. The molecule has 1 unspecified atom stereocenters. The predicted octanol–water partition coefficient (Wildman–Crippen LogP) is -4.36. The van der Waals surface area contributed by atoms with Crippen LogP contribution in [0.15, 0.2) is 12.7 Å². The molecule has 5 nitrogen and oxygen atoms in total. The fourth-order valence-corrected chi connectivity index (χ4v) is 1.17. The second kappa shape index (κ2) is 14.8. The zero-order chi connectivity index (χ0) is 12.2. The van der Waals surface area contributed by atoms with E-state index in [1.807, 2.05) is 0 Å². The molecule has 0 saturated heterocycles. The Hall–Kier alpha value is 0.726. The standard InChI is InChI=1S/C11H22N2O3.K/c1-2-3-4-10(14)9-13-8-7-12-6-5-11(15)16;/h2,10,12-14H,1,3-9H2,(H,15,16);/q;+1/p-1. The summed E-state index contributed by atoms with van der Waals surface area (Å²) in [5.41, 5.74) is 0. The van der Waals surface area contributed by atoms with Gasteiger partial charge in [-0.15, -0.1) is 6.58 Å². The van der Waals surface area contributed by atoms with E-state index in [2.05, 4.69) is 17.2 Å². The Labute approximate surface area is 145 Å². The SMILES string of the molecule is C=CCCC(O)CNCCNCCC(=O)[O-].[K+]. The molecular formula is C11H21KN2O3. The molecule has 17 heavy (non-hydrogen) atoms. The minimum Gasteiger partial charge on any atom is -0.550 e. The first-order valence-electron chi connectivity index (χ1n) is 5.57. The second-order valence-electron chi connectivity index (χ2n) is 3.60. The summed E-state index contributed by atoms with van der Waals surface area (Å²) in [4.78, 5) is 10.1. The molecular weight excluding hydrogens is 247 g/mol. The van der Waals surface area contributed by atoms with Gasteiger partial charge in [-0.3, -0.25) is 0 Å². The van der Waals surface area contributed by atoms with Crippen molar-refractivity contribution in [3.05, 3.63) is 12.7 Å². The third-order valence-corrected chi connectivity index (χ3v) is 2.07. The molecule has 0 radical (unpaired) electrons. The third-order valence-electron chi connectivity index (χ3n) is 2.07. The number of carbonyl (C=O) groups excluding carboxylic acids is 1. The van der Waals surface area contributed by atoms with Crippen LogP contribution >= 0.6 is 0 Å². The molecule has 0 rings (SSSR count). The quantitative estimate of drug-likeness (QED) is 0.200. The van der Waals surface area contributed by atoms with Gasteiger partial charge in [0.15, 0.2) is 0 Å². The Balaban J connectivity index is 0. The van der Waals surface area contributed by atoms with Crippen molar-refractivity contribution in [2.75, 3.05) is 26.2 Å². The fraction of sp³-hybridized carbons (Fsp3) is 0.727. The van der Waals surface area contributed by atoms with Gasteiger partial charge in [-0.1, -0.05) is 6.08 Å². The number of nitrogens with one attached hydrogen (secondary N) is 2. The molecule has 0 heterocycles. The van der Waals surface area contributed by atoms with Gasteiger partial charge >= 0.3 is 51.4 Å². The number of carbonyl (C=O) groups is 1. The number of carboxylic acid groups (broad SMARTS) is 1. The summed E-state index contributed by atoms with van der Waals surface area (Å²) < 4.78 is 0. The molecule has 0 amide bonds. The summed E-state index contributed by atoms with van der Waals surface area (Å²) in [6.45, 7) is 5.94. The molecule has 0 aliphatic rings. The van der Waals surface area contributed by atoms with Gasteiger partial charge in [0.25, 0.3) is 0 Å². The summed E-state index contributed by atoms with van der Waals surface area (Å²) in [6, 6.07) is 0. The van der Waals surface area contributed by atoms with Crippen molar-refractivity contribution in [1.82, 2.24) is 10.6 Å². The van der Waals surface area contributed by atoms with Crippen LogP contribution in [0.1, 0.15) is 19.3 Å². The maximum atomic E-state index is 10.1. The van der Waals surface area contributed by atoms with Crippen molar-refractivity contribution >= 4 is 5.97 Å². The van der Waals surface area contributed by atoms with Gasteiger partial charge in [0.05, 0.1) is 6.10 Å². The van der Waals surface area contributed by atoms with Crippen LogP contribution in [0.25, 0.3) is 0 Å². The van der Waals surface area contributed by atoms with E-state index >= 15 is 0 Å². The molecule has 0 fully saturated rings. The Morgan fingerprint density at radius 3 is 2.59 bits per heavy atom. The Kier molecular flexibility index (Phi) is 17.4. The summed E-state index contributed by atoms with van der Waals surface area (Å²) in [7, 11) is 0. The molecule has 0 bridgehead atoms. The van der Waals surface area contributed by atoms with Gasteiger partial charge in [-0.2, -0.15) is 0 Å². The average molecular weight is 268 g/mol. The van der Waals surface area contributed by atoms with Gasteiger partial charge in [-0.05, 0) is 19.3 Å². The average Bonchev–Trinajstić information content (AvgIpc) is 2.24. The number of aliphatic carboxylic acids is 1. The van der Waals surface area contributed by atoms with Crippen molar-refractivity contribution in [2.45, 2.75) is 25.4 Å². The first-order valence-corrected chi connectivity index (χ1v) is 5.57. The molecule has 3 N–H and O–H groups in total. The van der Waals surface area contributed by atoms with Gasteiger partial charge in [0.2, 0.25) is 0 Å². The molecule has 1 atom stereocenters. The summed E-state index contributed by atoms with van der Waals surface area (Å²) >= 11 is 0. The fourth-order valence-electron chi connectivity index (χ4n) is 1.17. The Bertz CT molecular complexity index is 203. The van der Waals surface area contributed by atoms with Crippen molar-refractivity contribution in [3.63, 3.8) is 0 Å². The van der Waals surface area contributed by atoms with Gasteiger partial charge < -0.3 is 25.6 Å². The van der Waals surface area contributed by atoms with Crippen LogP contribution in [0.2, 0.25) is 0 Å². The minimum absolute atomic E-state index is 0. The van der Waals surface area contributed by atoms with Crippen molar-refractivity contribution in [3.8, 4) is 0 Å². The smallest absolute Gasteiger partial charge is 0.550 e. The molecule has 0 aliphatic carbocycles. The first kappa shape index (κ1) is 20.1. The molecule has 94 valence electrons. The van der Waals surface area contributed by atoms with E-state index in [0.717, 1.165) is 6.42 Å². The van der Waals surface area contributed by atoms with Crippen LogP contribution in [0.3, 0.4) is 0 Å². The number of hydrogen-bond acceptors (Lipinski definition) is 5. The van der Waals surface area contributed by atoms with Crippen LogP contribution in [0, 0.1) is 0 Å². The zero-order valence-electron chi connectivity index (χ0n) is 10.6. The molecule has 0 aromatic rings. The van der Waals surface area contributed by atoms with Crippen LogP contribution in [0.5, 0.6) is 0 Å². The van der Waals surface area contributed by atoms with Crippen molar-refractivity contribution in [1.29, 1.82) is 0 Å². The maximum absolute atomic E-state index is 10.1. The van der Waals surface area contributed by atoms with Gasteiger partial charge in [0, 0.05) is 32.1 Å². The minimum atomic E-state index is -1.04. The van der Waals surface area contributed by atoms with E-state index < -0.39 is 5.97 Å². The Morgan fingerprint density at radius 2 is 2.00 bits per heavy atom. The zero-order valence-corrected chi connectivity index (χ0v) is 13.7. The molecule has 0 spiro atoms. The number of aliphatic hydroxyl groups excluding tert-OH is 1. The topological polar surface area (TPSA) is 84.4 Å². The molecule has 6 heteroatoms. The normalized spacial score (nSPS) is 11.6. The monoisotopic (exact) mass is 268 g/mol. The van der Waals surface area contributed by atoms with E-state index in [9.17, 15) is 15.0 Å². The number of aliphatic hydroxyl groups is 1. The summed E-state index contributed by atoms with van der Waals surface area (Å²) in [5, 5.41) is 25.5. The number of carboxylic acids is 1. The van der Waals surface area contributed by atoms with Crippen molar-refractivity contribution in [2.24, 2.45) is 0 Å². The van der Waals surface area contributed by atoms with E-state index in [4.69, 9.17) is 0 Å². The maximum Gasteiger partial charge on any atom is 1.00 e. The second-order valence-corrected chi connectivity index (χ2v) is 3.60. The van der Waals surface area contributed by atoms with E-state index in [1.54, 1.807) is 6.08 Å². The molecule has 0 aliphatic heterocycles. The molecule has 0 aromatic carbocycles. The van der Waals surface area contributed by atoms with Gasteiger partial charge in [-0.25, -0.2) is 0 Å². The van der Waals surface area contributed by atoms with E-state index in [1.165, 1.54) is 0 Å². The Morgan fingerprint density at radius 1 is 1.35 bits per heavy atom. The summed E-state index contributed by atoms with van der Waals surface area (Å²) in [5.74, 6) is -1.04. The number of allylic oxidation sites excluding steroid dienone is 1. The van der Waals surface area contributed by atoms with Gasteiger partial charge in [0.1, 0.15) is 0 Å². The largest absolute Gasteiger partial charge is 1.00 e. The van der Waals surface area contributed by atoms with Crippen LogP contribution in [-0.2, 0) is 4.79 Å². The summed E-state index contributed by atoms with van der Waals surface area (Å²) in [6.07, 6.45) is 3.00. The van der Waals surface area contributed by atoms with Crippen LogP contribution in [0.4, 0.5) is 0 Å².